The average molecular weight is 520 g/mol. The van der Waals surface area contributed by atoms with E-state index in [1.807, 2.05) is 30.5 Å². The summed E-state index contributed by atoms with van der Waals surface area (Å²) < 4.78 is 11.9. The minimum Gasteiger partial charge on any atom is -0.471 e. The number of aliphatic hydroxyl groups is 1. The van der Waals surface area contributed by atoms with E-state index in [-0.39, 0.29) is 23.6 Å². The third-order valence-corrected chi connectivity index (χ3v) is 7.76. The number of nitrogens with two attached hydrogens (primary N) is 1. The number of terminal acetylenes is 1. The molecule has 2 heterocycles. The molecule has 0 radical (unpaired) electrons. The molecule has 1 aromatic carbocycles. The molecule has 38 heavy (non-hydrogen) atoms. The van der Waals surface area contributed by atoms with Gasteiger partial charge >= 0.3 is 0 Å². The summed E-state index contributed by atoms with van der Waals surface area (Å²) in [5.74, 6) is 2.15. The molecule has 1 spiro atoms. The van der Waals surface area contributed by atoms with Gasteiger partial charge < -0.3 is 25.6 Å². The predicted molar refractivity (Wildman–Crippen MR) is 148 cm³/mol. The Balaban J connectivity index is 1.55. The number of primary amides is 1. The zero-order valence-electron chi connectivity index (χ0n) is 23.0. The Morgan fingerprint density at radius 1 is 1.34 bits per heavy atom. The molecule has 0 bridgehead atoms. The third-order valence-electron chi connectivity index (χ3n) is 7.76. The van der Waals surface area contributed by atoms with E-state index in [2.05, 4.69) is 38.1 Å². The van der Waals surface area contributed by atoms with E-state index in [0.717, 1.165) is 54.4 Å². The number of hydrogen-bond acceptors (Lipinski definition) is 6. The Bertz CT molecular complexity index is 1180. The number of carbonyl (C=O) groups excluding carboxylic acids is 1. The highest BCUT2D eigenvalue weighted by Gasteiger charge is 2.46. The molecule has 0 saturated heterocycles. The number of nitrogens with zero attached hydrogens (tertiary/aromatic N) is 1. The fourth-order valence-corrected chi connectivity index (χ4v) is 5.77. The van der Waals surface area contributed by atoms with Crippen molar-refractivity contribution in [1.82, 2.24) is 10.3 Å². The van der Waals surface area contributed by atoms with Crippen LogP contribution in [0.15, 0.2) is 36.5 Å². The van der Waals surface area contributed by atoms with Gasteiger partial charge in [0, 0.05) is 49.4 Å². The highest BCUT2D eigenvalue weighted by molar-refractivity contribution is 5.79. The summed E-state index contributed by atoms with van der Waals surface area (Å²) in [4.78, 5) is 17.0. The van der Waals surface area contributed by atoms with Crippen LogP contribution < -0.4 is 15.8 Å². The summed E-state index contributed by atoms with van der Waals surface area (Å²) in [7, 11) is 1.44. The van der Waals surface area contributed by atoms with Crippen molar-refractivity contribution < 1.29 is 19.4 Å². The molecule has 4 rings (SSSR count). The zero-order valence-corrected chi connectivity index (χ0v) is 23.0. The van der Waals surface area contributed by atoms with E-state index in [4.69, 9.17) is 26.6 Å². The fraction of sp³-hybridized carbons (Fsp3) is 0.548. The summed E-state index contributed by atoms with van der Waals surface area (Å²) in [5.41, 5.74) is 9.44. The number of aromatic nitrogens is 1. The van der Waals surface area contributed by atoms with Crippen molar-refractivity contribution in [3.63, 3.8) is 0 Å². The second kappa shape index (κ2) is 11.4. The molecule has 7 nitrogen and oxygen atoms in total. The average Bonchev–Trinajstić information content (AvgIpc) is 2.85. The Kier molecular flexibility index (Phi) is 8.46. The van der Waals surface area contributed by atoms with Crippen LogP contribution >= 0.6 is 0 Å². The second-order valence-corrected chi connectivity index (χ2v) is 12.1. The van der Waals surface area contributed by atoms with Crippen molar-refractivity contribution in [2.75, 3.05) is 13.7 Å². The molecule has 204 valence electrons. The number of carbonyl (C=O) groups is 1. The lowest BCUT2D eigenvalue weighted by atomic mass is 9.73. The first kappa shape index (κ1) is 28.1. The fourth-order valence-electron chi connectivity index (χ4n) is 5.77. The number of ether oxygens (including phenoxy) is 2. The van der Waals surface area contributed by atoms with Crippen LogP contribution in [0.1, 0.15) is 74.8 Å². The van der Waals surface area contributed by atoms with Crippen molar-refractivity contribution >= 4 is 5.91 Å². The van der Waals surface area contributed by atoms with Gasteiger partial charge in [-0.3, -0.25) is 4.79 Å². The number of rotatable bonds is 10. The van der Waals surface area contributed by atoms with Crippen LogP contribution in [0, 0.1) is 23.7 Å². The number of hydrogen-bond donors (Lipinski definition) is 3. The first-order valence-corrected chi connectivity index (χ1v) is 13.5. The molecule has 1 saturated carbocycles. The Labute approximate surface area is 226 Å². The smallest absolute Gasteiger partial charge is 0.246 e. The lowest BCUT2D eigenvalue weighted by Gasteiger charge is -2.47. The molecule has 1 unspecified atom stereocenters. The minimum absolute atomic E-state index is 0.0268. The van der Waals surface area contributed by atoms with Crippen molar-refractivity contribution in [3.8, 4) is 18.2 Å². The van der Waals surface area contributed by atoms with Gasteiger partial charge in [-0.05, 0) is 66.8 Å². The second-order valence-electron chi connectivity index (χ2n) is 12.1. The van der Waals surface area contributed by atoms with E-state index < -0.39 is 24.0 Å². The standard InChI is InChI=1S/C31H41N3O4/c1-6-20-9-7-10-21(13-20)14-24(27(37-5)28(32)36)26(35)19-33-25-17-31(11-8-12-31)38-29-23(25)15-22(18-34-29)16-30(2,3)4/h1,7,9-10,13,15,18,24-27,33,35H,8,11-12,14,16-17,19H2,2-5H3,(H2,32,36)/t24-,25-,26-,27?/m0/s1. The normalized spacial score (nSPS) is 20.4. The van der Waals surface area contributed by atoms with Gasteiger partial charge in [0.25, 0.3) is 0 Å². The minimum atomic E-state index is -0.943. The van der Waals surface area contributed by atoms with Crippen LogP contribution in [0.2, 0.25) is 0 Å². The molecule has 1 amide bonds. The number of methoxy groups -OCH3 is 1. The maximum atomic E-state index is 12.3. The lowest BCUT2D eigenvalue weighted by molar-refractivity contribution is -0.134. The molecule has 1 aliphatic carbocycles. The first-order chi connectivity index (χ1) is 18.0. The van der Waals surface area contributed by atoms with Crippen molar-refractivity contribution in [3.05, 3.63) is 58.8 Å². The topological polar surface area (TPSA) is 107 Å². The maximum absolute atomic E-state index is 12.3. The van der Waals surface area contributed by atoms with E-state index >= 15 is 0 Å². The van der Waals surface area contributed by atoms with E-state index in [0.29, 0.717) is 12.3 Å². The van der Waals surface area contributed by atoms with Gasteiger partial charge in [-0.25, -0.2) is 4.98 Å². The Hall–Kier alpha value is -2.92. The van der Waals surface area contributed by atoms with E-state index in [1.54, 1.807) is 0 Å². The van der Waals surface area contributed by atoms with Gasteiger partial charge in [0.15, 0.2) is 0 Å². The van der Waals surface area contributed by atoms with Crippen molar-refractivity contribution in [1.29, 1.82) is 0 Å². The predicted octanol–water partition coefficient (Wildman–Crippen LogP) is 3.71. The van der Waals surface area contributed by atoms with Crippen LogP contribution in [0.5, 0.6) is 5.88 Å². The monoisotopic (exact) mass is 519 g/mol. The summed E-state index contributed by atoms with van der Waals surface area (Å²) in [6.07, 6.45) is 10.9. The molecule has 2 aliphatic rings. The highest BCUT2D eigenvalue weighted by Crippen LogP contribution is 2.48. The molecule has 1 fully saturated rings. The van der Waals surface area contributed by atoms with Gasteiger partial charge in [0.1, 0.15) is 11.7 Å². The molecular formula is C31H41N3O4. The van der Waals surface area contributed by atoms with E-state index in [1.165, 1.54) is 7.11 Å². The lowest BCUT2D eigenvalue weighted by Crippen LogP contribution is -2.51. The van der Waals surface area contributed by atoms with Crippen molar-refractivity contribution in [2.45, 2.75) is 83.1 Å². The summed E-state index contributed by atoms with van der Waals surface area (Å²) in [6, 6.07) is 9.70. The van der Waals surface area contributed by atoms with E-state index in [9.17, 15) is 9.90 Å². The molecule has 4 atom stereocenters. The third kappa shape index (κ3) is 6.55. The summed E-state index contributed by atoms with van der Waals surface area (Å²) >= 11 is 0. The van der Waals surface area contributed by atoms with Gasteiger partial charge in [-0.15, -0.1) is 6.42 Å². The molecule has 2 aromatic rings. The SMILES string of the molecule is C#Cc1cccc(C[C@H](C(OC)C(N)=O)[C@@H](O)CN[C@H]2CC3(CCC3)Oc3ncc(CC(C)(C)C)cc32)c1. The Morgan fingerprint density at radius 3 is 2.71 bits per heavy atom. The number of fused-ring (bicyclic) bond motifs is 1. The molecular weight excluding hydrogens is 478 g/mol. The number of benzene rings is 1. The number of amides is 1. The molecule has 4 N–H and O–H groups in total. The van der Waals surface area contributed by atoms with Gasteiger partial charge in [-0.2, -0.15) is 0 Å². The number of pyridine rings is 1. The van der Waals surface area contributed by atoms with Crippen molar-refractivity contribution in [2.24, 2.45) is 17.1 Å². The van der Waals surface area contributed by atoms with Crippen LogP contribution in [0.4, 0.5) is 0 Å². The van der Waals surface area contributed by atoms with Gasteiger partial charge in [0.2, 0.25) is 11.8 Å². The molecule has 1 aliphatic heterocycles. The first-order valence-electron chi connectivity index (χ1n) is 13.5. The van der Waals surface area contributed by atoms with Gasteiger partial charge in [-0.1, -0.05) is 38.8 Å². The highest BCUT2D eigenvalue weighted by atomic mass is 16.5. The van der Waals surface area contributed by atoms with Crippen LogP contribution in [-0.2, 0) is 22.4 Å². The molecule has 7 heteroatoms. The number of aliphatic hydroxyl groups excluding tert-OH is 1. The van der Waals surface area contributed by atoms with Crippen LogP contribution in [-0.4, -0.2) is 47.5 Å². The van der Waals surface area contributed by atoms with Gasteiger partial charge in [0.05, 0.1) is 6.10 Å². The largest absolute Gasteiger partial charge is 0.471 e. The quantitative estimate of drug-likeness (QED) is 0.413. The molecule has 1 aromatic heterocycles. The zero-order chi connectivity index (χ0) is 27.5. The summed E-state index contributed by atoms with van der Waals surface area (Å²) in [6.45, 7) is 6.89. The maximum Gasteiger partial charge on any atom is 0.246 e. The summed E-state index contributed by atoms with van der Waals surface area (Å²) in [5, 5.41) is 15.0. The number of nitrogens with one attached hydrogen (secondary N) is 1. The van der Waals surface area contributed by atoms with Crippen LogP contribution in [0.25, 0.3) is 0 Å². The Morgan fingerprint density at radius 2 is 2.11 bits per heavy atom. The van der Waals surface area contributed by atoms with Crippen LogP contribution in [0.3, 0.4) is 0 Å².